The van der Waals surface area contributed by atoms with Gasteiger partial charge in [0.15, 0.2) is 5.82 Å². The number of H-pyrrole nitrogens is 1. The molecule has 0 spiro atoms. The summed E-state index contributed by atoms with van der Waals surface area (Å²) in [6, 6.07) is 3.96. The predicted octanol–water partition coefficient (Wildman–Crippen LogP) is 1.80. The van der Waals surface area contributed by atoms with Crippen LogP contribution in [0.4, 0.5) is 17.6 Å². The zero-order valence-electron chi connectivity index (χ0n) is 11.0. The van der Waals surface area contributed by atoms with Gasteiger partial charge in [0, 0.05) is 19.3 Å². The number of hydrogen-bond acceptors (Lipinski definition) is 5. The summed E-state index contributed by atoms with van der Waals surface area (Å²) in [5.74, 6) is 2.38. The average molecular weight is 269 g/mol. The fourth-order valence-electron chi connectivity index (χ4n) is 2.52. The van der Waals surface area contributed by atoms with Gasteiger partial charge in [-0.25, -0.2) is 9.50 Å². The van der Waals surface area contributed by atoms with Crippen LogP contribution in [0.1, 0.15) is 12.8 Å². The van der Waals surface area contributed by atoms with Crippen LogP contribution in [0, 0.1) is 0 Å². The van der Waals surface area contributed by atoms with Gasteiger partial charge in [-0.2, -0.15) is 4.98 Å². The van der Waals surface area contributed by atoms with E-state index < -0.39 is 0 Å². The maximum absolute atomic E-state index is 4.67. The standard InChI is InChI=1S/C13H15N7/c1-2-6-19(5-1)13-17-12(16-11-8-14-9-15-11)10-4-3-7-20(10)18-13/h3-4,7-9H,1-2,5-6H2,(H,14,15)(H,16,17,18). The summed E-state index contributed by atoms with van der Waals surface area (Å²) in [5.41, 5.74) is 0.947. The van der Waals surface area contributed by atoms with Crippen molar-refractivity contribution in [3.05, 3.63) is 30.9 Å². The van der Waals surface area contributed by atoms with Crippen molar-refractivity contribution < 1.29 is 0 Å². The Morgan fingerprint density at radius 1 is 1.25 bits per heavy atom. The number of nitrogens with one attached hydrogen (secondary N) is 2. The highest BCUT2D eigenvalue weighted by molar-refractivity contribution is 5.72. The van der Waals surface area contributed by atoms with Crippen molar-refractivity contribution in [3.8, 4) is 0 Å². The molecular formula is C13H15N7. The number of anilines is 3. The highest BCUT2D eigenvalue weighted by Gasteiger charge is 2.17. The lowest BCUT2D eigenvalue weighted by molar-refractivity contribution is 0.827. The zero-order valence-corrected chi connectivity index (χ0v) is 11.0. The Balaban J connectivity index is 1.78. The highest BCUT2D eigenvalue weighted by atomic mass is 15.4. The number of aromatic amines is 1. The van der Waals surface area contributed by atoms with E-state index in [0.29, 0.717) is 0 Å². The summed E-state index contributed by atoms with van der Waals surface area (Å²) >= 11 is 0. The molecule has 102 valence electrons. The third-order valence-electron chi connectivity index (χ3n) is 3.52. The molecule has 0 atom stereocenters. The lowest BCUT2D eigenvalue weighted by Crippen LogP contribution is -2.22. The lowest BCUT2D eigenvalue weighted by Gasteiger charge is -2.16. The number of aromatic nitrogens is 5. The fraction of sp³-hybridized carbons (Fsp3) is 0.308. The Morgan fingerprint density at radius 2 is 2.15 bits per heavy atom. The Bertz CT molecular complexity index is 709. The third kappa shape index (κ3) is 1.87. The maximum atomic E-state index is 4.67. The van der Waals surface area contributed by atoms with Gasteiger partial charge in [-0.15, -0.1) is 5.10 Å². The van der Waals surface area contributed by atoms with Gasteiger partial charge in [0.1, 0.15) is 11.3 Å². The van der Waals surface area contributed by atoms with Gasteiger partial charge >= 0.3 is 0 Å². The molecule has 1 aliphatic rings. The Hall–Kier alpha value is -2.57. The van der Waals surface area contributed by atoms with Gasteiger partial charge in [0.25, 0.3) is 0 Å². The minimum absolute atomic E-state index is 0.771. The normalized spacial score (nSPS) is 15.1. The molecule has 3 aromatic heterocycles. The quantitative estimate of drug-likeness (QED) is 0.758. The molecule has 2 N–H and O–H groups in total. The number of imidazole rings is 1. The van der Waals surface area contributed by atoms with Crippen molar-refractivity contribution in [3.63, 3.8) is 0 Å². The van der Waals surface area contributed by atoms with Crippen LogP contribution < -0.4 is 10.2 Å². The van der Waals surface area contributed by atoms with Crippen LogP contribution in [0.25, 0.3) is 5.52 Å². The van der Waals surface area contributed by atoms with Crippen LogP contribution in [-0.2, 0) is 0 Å². The molecule has 0 unspecified atom stereocenters. The first-order chi connectivity index (χ1) is 9.90. The van der Waals surface area contributed by atoms with E-state index in [1.54, 1.807) is 12.5 Å². The molecule has 0 radical (unpaired) electrons. The second-order valence-electron chi connectivity index (χ2n) is 4.88. The van der Waals surface area contributed by atoms with Gasteiger partial charge < -0.3 is 15.2 Å². The van der Waals surface area contributed by atoms with E-state index in [1.165, 1.54) is 12.8 Å². The van der Waals surface area contributed by atoms with Gasteiger partial charge in [-0.3, -0.25) is 0 Å². The fourth-order valence-corrected chi connectivity index (χ4v) is 2.52. The average Bonchev–Trinajstić information content (AvgIpc) is 3.21. The predicted molar refractivity (Wildman–Crippen MR) is 76.3 cm³/mol. The largest absolute Gasteiger partial charge is 0.340 e. The van der Waals surface area contributed by atoms with Crippen LogP contribution in [0.2, 0.25) is 0 Å². The molecule has 20 heavy (non-hydrogen) atoms. The minimum Gasteiger partial charge on any atom is -0.340 e. The van der Waals surface area contributed by atoms with Crippen LogP contribution >= 0.6 is 0 Å². The van der Waals surface area contributed by atoms with Crippen LogP contribution in [0.5, 0.6) is 0 Å². The molecule has 1 fully saturated rings. The van der Waals surface area contributed by atoms with Crippen LogP contribution in [0.3, 0.4) is 0 Å². The van der Waals surface area contributed by atoms with Crippen molar-refractivity contribution in [2.24, 2.45) is 0 Å². The van der Waals surface area contributed by atoms with E-state index in [9.17, 15) is 0 Å². The van der Waals surface area contributed by atoms with Crippen molar-refractivity contribution in [2.75, 3.05) is 23.3 Å². The SMILES string of the molecule is c1cc2c(Nc3cnc[nH]3)nc(N3CCCC3)nn2c1. The monoisotopic (exact) mass is 269 g/mol. The summed E-state index contributed by atoms with van der Waals surface area (Å²) < 4.78 is 1.86. The van der Waals surface area contributed by atoms with E-state index in [1.807, 2.05) is 22.8 Å². The molecule has 4 rings (SSSR count). The second kappa shape index (κ2) is 4.52. The van der Waals surface area contributed by atoms with Crippen LogP contribution in [-0.4, -0.2) is 37.7 Å². The van der Waals surface area contributed by atoms with E-state index in [0.717, 1.165) is 36.2 Å². The third-order valence-corrected chi connectivity index (χ3v) is 3.52. The van der Waals surface area contributed by atoms with E-state index in [4.69, 9.17) is 0 Å². The summed E-state index contributed by atoms with van der Waals surface area (Å²) in [7, 11) is 0. The van der Waals surface area contributed by atoms with E-state index >= 15 is 0 Å². The summed E-state index contributed by atoms with van der Waals surface area (Å²) in [5, 5.41) is 7.83. The number of fused-ring (bicyclic) bond motifs is 1. The van der Waals surface area contributed by atoms with Gasteiger partial charge in [-0.05, 0) is 25.0 Å². The lowest BCUT2D eigenvalue weighted by atomic mass is 10.4. The highest BCUT2D eigenvalue weighted by Crippen LogP contribution is 2.23. The van der Waals surface area contributed by atoms with Crippen molar-refractivity contribution >= 4 is 23.1 Å². The van der Waals surface area contributed by atoms with E-state index in [-0.39, 0.29) is 0 Å². The van der Waals surface area contributed by atoms with Crippen molar-refractivity contribution in [2.45, 2.75) is 12.8 Å². The minimum atomic E-state index is 0.771. The molecule has 1 aliphatic heterocycles. The molecule has 0 saturated carbocycles. The Labute approximate surface area is 115 Å². The Kier molecular flexibility index (Phi) is 2.55. The van der Waals surface area contributed by atoms with Crippen molar-refractivity contribution in [1.82, 2.24) is 24.6 Å². The first-order valence-electron chi connectivity index (χ1n) is 6.76. The smallest absolute Gasteiger partial charge is 0.245 e. The first-order valence-corrected chi connectivity index (χ1v) is 6.76. The summed E-state index contributed by atoms with van der Waals surface area (Å²) in [6.45, 7) is 2.05. The topological polar surface area (TPSA) is 74.1 Å². The molecule has 7 heteroatoms. The van der Waals surface area contributed by atoms with Gasteiger partial charge in [-0.1, -0.05) is 0 Å². The Morgan fingerprint density at radius 3 is 2.95 bits per heavy atom. The number of rotatable bonds is 3. The molecule has 1 saturated heterocycles. The first kappa shape index (κ1) is 11.3. The summed E-state index contributed by atoms with van der Waals surface area (Å²) in [6.07, 6.45) is 7.72. The molecule has 0 bridgehead atoms. The van der Waals surface area contributed by atoms with Gasteiger partial charge in [0.2, 0.25) is 5.95 Å². The molecule has 4 heterocycles. The van der Waals surface area contributed by atoms with E-state index in [2.05, 4.69) is 30.3 Å². The molecule has 7 nitrogen and oxygen atoms in total. The zero-order chi connectivity index (χ0) is 13.4. The molecular weight excluding hydrogens is 254 g/mol. The summed E-state index contributed by atoms with van der Waals surface area (Å²) in [4.78, 5) is 13.9. The number of nitrogens with zero attached hydrogens (tertiary/aromatic N) is 5. The van der Waals surface area contributed by atoms with Gasteiger partial charge in [0.05, 0.1) is 12.5 Å². The molecule has 3 aromatic rings. The molecule has 0 aromatic carbocycles. The van der Waals surface area contributed by atoms with Crippen LogP contribution in [0.15, 0.2) is 30.9 Å². The maximum Gasteiger partial charge on any atom is 0.245 e. The van der Waals surface area contributed by atoms with Crippen molar-refractivity contribution in [1.29, 1.82) is 0 Å². The second-order valence-corrected chi connectivity index (χ2v) is 4.88. The number of hydrogen-bond donors (Lipinski definition) is 2. The molecule has 0 aliphatic carbocycles. The molecule has 0 amide bonds.